The van der Waals surface area contributed by atoms with Gasteiger partial charge in [-0.15, -0.1) is 5.10 Å². The normalized spacial score (nSPS) is 17.8. The molecule has 12 heteroatoms. The first-order valence-corrected chi connectivity index (χ1v) is 8.48. The van der Waals surface area contributed by atoms with E-state index in [4.69, 9.17) is 9.47 Å². The zero-order valence-corrected chi connectivity index (χ0v) is 15.2. The number of fused-ring (bicyclic) bond motifs is 1. The minimum Gasteiger partial charge on any atom is -0.493 e. The number of hydrogen-bond donors (Lipinski definition) is 1. The number of alkyl halides is 3. The van der Waals surface area contributed by atoms with Crippen molar-refractivity contribution in [3.05, 3.63) is 29.5 Å². The average Bonchev–Trinajstić information content (AvgIpc) is 3.15. The maximum Gasteiger partial charge on any atom is 0.438 e. The molecule has 2 aliphatic rings. The molecule has 0 aliphatic carbocycles. The van der Waals surface area contributed by atoms with Gasteiger partial charge in [0.15, 0.2) is 5.82 Å². The molecule has 29 heavy (non-hydrogen) atoms. The smallest absolute Gasteiger partial charge is 0.438 e. The summed E-state index contributed by atoms with van der Waals surface area (Å²) in [6.07, 6.45) is -4.34. The summed E-state index contributed by atoms with van der Waals surface area (Å²) in [4.78, 5) is 28.6. The Morgan fingerprint density at radius 3 is 2.66 bits per heavy atom. The van der Waals surface area contributed by atoms with E-state index in [1.807, 2.05) is 0 Å². The van der Waals surface area contributed by atoms with Crippen molar-refractivity contribution in [1.29, 1.82) is 0 Å². The minimum atomic E-state index is -4.99. The van der Waals surface area contributed by atoms with Crippen LogP contribution in [0.1, 0.15) is 25.1 Å². The number of aromatic nitrogens is 3. The van der Waals surface area contributed by atoms with E-state index in [-0.39, 0.29) is 5.75 Å². The molecule has 1 saturated heterocycles. The van der Waals surface area contributed by atoms with Gasteiger partial charge in [-0.05, 0) is 32.0 Å². The lowest BCUT2D eigenvalue weighted by molar-refractivity contribution is -0.141. The lowest BCUT2D eigenvalue weighted by Gasteiger charge is -2.18. The number of nitrogens with one attached hydrogen (secondary N) is 1. The Bertz CT molecular complexity index is 1020. The highest BCUT2D eigenvalue weighted by atomic mass is 19.4. The predicted molar refractivity (Wildman–Crippen MR) is 90.6 cm³/mol. The number of benzene rings is 1. The second-order valence-corrected chi connectivity index (χ2v) is 6.93. The van der Waals surface area contributed by atoms with Gasteiger partial charge in [-0.3, -0.25) is 4.79 Å². The fourth-order valence-corrected chi connectivity index (χ4v) is 2.96. The Balaban J connectivity index is 1.73. The van der Waals surface area contributed by atoms with Crippen LogP contribution in [0.25, 0.3) is 0 Å². The van der Waals surface area contributed by atoms with Crippen molar-refractivity contribution in [2.45, 2.75) is 32.0 Å². The Kier molecular flexibility index (Phi) is 4.10. The molecule has 0 bridgehead atoms. The molecule has 1 N–H and O–H groups in total. The van der Waals surface area contributed by atoms with Gasteiger partial charge in [-0.1, -0.05) is 5.10 Å². The van der Waals surface area contributed by atoms with Gasteiger partial charge in [-0.25, -0.2) is 9.69 Å². The number of carbonyl (C=O) groups excluding carboxylic acids is 2. The number of carbonyl (C=O) groups is 2. The lowest BCUT2D eigenvalue weighted by Crippen LogP contribution is -2.40. The van der Waals surface area contributed by atoms with Gasteiger partial charge in [0.05, 0.1) is 6.61 Å². The van der Waals surface area contributed by atoms with Gasteiger partial charge < -0.3 is 14.8 Å². The topological polar surface area (TPSA) is 107 Å². The third kappa shape index (κ3) is 3.30. The molecule has 2 aromatic rings. The summed E-state index contributed by atoms with van der Waals surface area (Å²) in [5, 5.41) is 8.76. The van der Waals surface area contributed by atoms with E-state index in [1.165, 1.54) is 19.9 Å². The lowest BCUT2D eigenvalue weighted by atomic mass is 10.1. The van der Waals surface area contributed by atoms with E-state index in [0.717, 1.165) is 5.56 Å². The number of rotatable bonds is 3. The van der Waals surface area contributed by atoms with E-state index in [0.29, 0.717) is 23.7 Å². The van der Waals surface area contributed by atoms with Crippen LogP contribution >= 0.6 is 0 Å². The van der Waals surface area contributed by atoms with Crippen LogP contribution in [0.3, 0.4) is 0 Å². The van der Waals surface area contributed by atoms with Gasteiger partial charge >= 0.3 is 18.2 Å². The van der Waals surface area contributed by atoms with Gasteiger partial charge in [0.1, 0.15) is 17.0 Å². The van der Waals surface area contributed by atoms with Crippen LogP contribution in [0, 0.1) is 0 Å². The Hall–Kier alpha value is -3.44. The van der Waals surface area contributed by atoms with Crippen molar-refractivity contribution in [2.75, 3.05) is 11.5 Å². The van der Waals surface area contributed by atoms with Crippen LogP contribution in [0.15, 0.2) is 18.2 Å². The quantitative estimate of drug-likeness (QED) is 0.776. The Morgan fingerprint density at radius 2 is 2.00 bits per heavy atom. The van der Waals surface area contributed by atoms with E-state index >= 15 is 0 Å². The van der Waals surface area contributed by atoms with Crippen LogP contribution in [0.5, 0.6) is 17.5 Å². The Morgan fingerprint density at radius 1 is 1.24 bits per heavy atom. The van der Waals surface area contributed by atoms with Crippen molar-refractivity contribution in [3.63, 3.8) is 0 Å². The van der Waals surface area contributed by atoms with Crippen molar-refractivity contribution in [1.82, 2.24) is 20.5 Å². The van der Waals surface area contributed by atoms with E-state index in [2.05, 4.69) is 20.5 Å². The van der Waals surface area contributed by atoms with Crippen molar-refractivity contribution in [2.24, 2.45) is 0 Å². The second kappa shape index (κ2) is 6.29. The first-order valence-electron chi connectivity index (χ1n) is 8.48. The summed E-state index contributed by atoms with van der Waals surface area (Å²) in [6, 6.07) is 3.22. The van der Waals surface area contributed by atoms with Gasteiger partial charge in [0, 0.05) is 12.0 Å². The molecule has 0 atom stereocenters. The molecule has 9 nitrogen and oxygen atoms in total. The van der Waals surface area contributed by atoms with E-state index < -0.39 is 41.2 Å². The molecule has 0 unspecified atom stereocenters. The molecule has 152 valence electrons. The zero-order valence-electron chi connectivity index (χ0n) is 15.2. The van der Waals surface area contributed by atoms with Crippen molar-refractivity contribution >= 4 is 17.8 Å². The molecule has 0 radical (unpaired) electrons. The van der Waals surface area contributed by atoms with Crippen LogP contribution < -0.4 is 19.7 Å². The molecule has 0 spiro atoms. The summed E-state index contributed by atoms with van der Waals surface area (Å²) < 4.78 is 51.0. The van der Waals surface area contributed by atoms with E-state index in [1.54, 1.807) is 12.1 Å². The number of halogens is 3. The monoisotopic (exact) mass is 409 g/mol. The molecular formula is C17H14F3N5O4. The molecule has 3 amide bonds. The molecule has 2 aliphatic heterocycles. The number of ether oxygens (including phenoxy) is 2. The SMILES string of the molecule is CC1(C)NC(=O)N(c2nc(Oc3ccc4c(c3)CCO4)nnc2C(F)(F)F)C1=O. The molecule has 4 rings (SSSR count). The zero-order chi connectivity index (χ0) is 21.0. The number of imide groups is 1. The first kappa shape index (κ1) is 18.9. The standard InChI is InChI=1S/C17H14F3N5O4/c1-16(2)13(26)25(15(27)22-16)12-11(17(18,19)20)23-24-14(21-12)29-9-3-4-10-8(7-9)5-6-28-10/h3-4,7H,5-6H2,1-2H3,(H,22,27). The third-order valence-corrected chi connectivity index (χ3v) is 4.36. The fourth-order valence-electron chi connectivity index (χ4n) is 2.96. The van der Waals surface area contributed by atoms with Crippen LogP contribution in [-0.4, -0.2) is 39.3 Å². The van der Waals surface area contributed by atoms with Gasteiger partial charge in [-0.2, -0.15) is 18.2 Å². The van der Waals surface area contributed by atoms with Crippen molar-refractivity contribution in [3.8, 4) is 17.5 Å². The van der Waals surface area contributed by atoms with Crippen molar-refractivity contribution < 1.29 is 32.2 Å². The summed E-state index contributed by atoms with van der Waals surface area (Å²) in [7, 11) is 0. The molecule has 1 aromatic carbocycles. The Labute approximate surface area is 161 Å². The molecule has 3 heterocycles. The minimum absolute atomic E-state index is 0.249. The van der Waals surface area contributed by atoms with Crippen LogP contribution in [0.2, 0.25) is 0 Å². The highest BCUT2D eigenvalue weighted by Crippen LogP contribution is 2.37. The van der Waals surface area contributed by atoms with Crippen LogP contribution in [-0.2, 0) is 17.4 Å². The number of anilines is 1. The average molecular weight is 409 g/mol. The maximum atomic E-state index is 13.4. The van der Waals surface area contributed by atoms with Gasteiger partial charge in [0.25, 0.3) is 5.91 Å². The predicted octanol–water partition coefficient (Wildman–Crippen LogP) is 2.45. The number of urea groups is 1. The number of nitrogens with zero attached hydrogens (tertiary/aromatic N) is 4. The van der Waals surface area contributed by atoms with Crippen LogP contribution in [0.4, 0.5) is 23.8 Å². The number of amides is 3. The summed E-state index contributed by atoms with van der Waals surface area (Å²) in [5.41, 5.74) is -2.11. The molecular weight excluding hydrogens is 395 g/mol. The van der Waals surface area contributed by atoms with Gasteiger partial charge in [0.2, 0.25) is 5.69 Å². The highest BCUT2D eigenvalue weighted by molar-refractivity contribution is 6.22. The molecule has 1 aromatic heterocycles. The third-order valence-electron chi connectivity index (χ3n) is 4.36. The summed E-state index contributed by atoms with van der Waals surface area (Å²) >= 11 is 0. The van der Waals surface area contributed by atoms with E-state index in [9.17, 15) is 22.8 Å². The summed E-state index contributed by atoms with van der Waals surface area (Å²) in [6.45, 7) is 3.24. The molecule has 0 saturated carbocycles. The maximum absolute atomic E-state index is 13.4. The fraction of sp³-hybridized carbons (Fsp3) is 0.353. The highest BCUT2D eigenvalue weighted by Gasteiger charge is 2.50. The first-order chi connectivity index (χ1) is 13.6. The summed E-state index contributed by atoms with van der Waals surface area (Å²) in [5.74, 6) is -0.973. The largest absolute Gasteiger partial charge is 0.493 e. The second-order valence-electron chi connectivity index (χ2n) is 6.93. The molecule has 1 fully saturated rings. The number of hydrogen-bond acceptors (Lipinski definition) is 7.